The van der Waals surface area contributed by atoms with Crippen molar-refractivity contribution in [2.24, 2.45) is 23.7 Å². The zero-order valence-electron chi connectivity index (χ0n) is 13.9. The van der Waals surface area contributed by atoms with Gasteiger partial charge in [-0.15, -0.1) is 0 Å². The molecule has 1 saturated carbocycles. The van der Waals surface area contributed by atoms with E-state index in [1.807, 2.05) is 0 Å². The number of ether oxygens (including phenoxy) is 1. The Morgan fingerprint density at radius 2 is 1.95 bits per heavy atom. The lowest BCUT2D eigenvalue weighted by Crippen LogP contribution is -2.17. The van der Waals surface area contributed by atoms with E-state index in [1.54, 1.807) is 0 Å². The lowest BCUT2D eigenvalue weighted by atomic mass is 9.82. The number of hydrogen-bond acceptors (Lipinski definition) is 2. The molecule has 6 atom stereocenters. The lowest BCUT2D eigenvalue weighted by molar-refractivity contribution is -0.0922. The van der Waals surface area contributed by atoms with Gasteiger partial charge in [-0.2, -0.15) is 0 Å². The average Bonchev–Trinajstić information content (AvgIpc) is 2.99. The fourth-order valence-electron chi connectivity index (χ4n) is 4.56. The molecule has 1 N–H and O–H groups in total. The van der Waals surface area contributed by atoms with Crippen molar-refractivity contribution >= 4 is 0 Å². The summed E-state index contributed by atoms with van der Waals surface area (Å²) in [5.41, 5.74) is 1.45. The van der Waals surface area contributed by atoms with Crippen LogP contribution in [0.3, 0.4) is 0 Å². The van der Waals surface area contributed by atoms with Crippen LogP contribution in [0.4, 0.5) is 0 Å². The summed E-state index contributed by atoms with van der Waals surface area (Å²) in [6.07, 6.45) is 6.91. The SMILES string of the molecule is C[C@@H](CCc1ccccc1)CC[C@@H]1[C@H]2CC(O)O[C@H]2C[C@H]1C. The molecule has 0 aromatic heterocycles. The highest BCUT2D eigenvalue weighted by atomic mass is 16.6. The molecule has 1 unspecified atom stereocenters. The molecule has 0 bridgehead atoms. The van der Waals surface area contributed by atoms with Gasteiger partial charge in [0.2, 0.25) is 0 Å². The Hall–Kier alpha value is -0.860. The molecule has 1 aromatic rings. The van der Waals surface area contributed by atoms with Crippen molar-refractivity contribution in [1.82, 2.24) is 0 Å². The number of aliphatic hydroxyl groups excluding tert-OH is 1. The number of rotatable bonds is 6. The van der Waals surface area contributed by atoms with Crippen LogP contribution in [0.15, 0.2) is 30.3 Å². The second kappa shape index (κ2) is 7.14. The molecule has 1 aliphatic heterocycles. The van der Waals surface area contributed by atoms with Crippen LogP contribution in [0.25, 0.3) is 0 Å². The number of aliphatic hydroxyl groups is 1. The first kappa shape index (κ1) is 16.0. The third kappa shape index (κ3) is 3.72. The Morgan fingerprint density at radius 1 is 1.18 bits per heavy atom. The number of aryl methyl sites for hydroxylation is 1. The predicted molar refractivity (Wildman–Crippen MR) is 89.4 cm³/mol. The van der Waals surface area contributed by atoms with E-state index in [-0.39, 0.29) is 0 Å². The Bertz CT molecular complexity index is 458. The number of fused-ring (bicyclic) bond motifs is 1. The largest absolute Gasteiger partial charge is 0.368 e. The van der Waals surface area contributed by atoms with Crippen molar-refractivity contribution in [2.45, 2.75) is 64.8 Å². The van der Waals surface area contributed by atoms with Crippen molar-refractivity contribution in [1.29, 1.82) is 0 Å². The molecular formula is C20H30O2. The van der Waals surface area contributed by atoms with Gasteiger partial charge in [0.1, 0.15) is 0 Å². The highest BCUT2D eigenvalue weighted by Crippen LogP contribution is 2.48. The molecule has 0 spiro atoms. The van der Waals surface area contributed by atoms with Crippen molar-refractivity contribution < 1.29 is 9.84 Å². The topological polar surface area (TPSA) is 29.5 Å². The van der Waals surface area contributed by atoms with E-state index in [2.05, 4.69) is 44.2 Å². The quantitative estimate of drug-likeness (QED) is 0.843. The normalized spacial score (nSPS) is 35.5. The van der Waals surface area contributed by atoms with Crippen LogP contribution < -0.4 is 0 Å². The average molecular weight is 302 g/mol. The molecule has 2 heteroatoms. The fourth-order valence-corrected chi connectivity index (χ4v) is 4.56. The Morgan fingerprint density at radius 3 is 2.73 bits per heavy atom. The van der Waals surface area contributed by atoms with Gasteiger partial charge in [-0.1, -0.05) is 50.6 Å². The van der Waals surface area contributed by atoms with Crippen molar-refractivity contribution in [2.75, 3.05) is 0 Å². The van der Waals surface area contributed by atoms with Gasteiger partial charge in [-0.05, 0) is 54.9 Å². The summed E-state index contributed by atoms with van der Waals surface area (Å²) in [7, 11) is 0. The number of benzene rings is 1. The molecular weight excluding hydrogens is 272 g/mol. The molecule has 0 amide bonds. The summed E-state index contributed by atoms with van der Waals surface area (Å²) < 4.78 is 5.65. The second-order valence-electron chi connectivity index (χ2n) is 7.61. The van der Waals surface area contributed by atoms with Crippen molar-refractivity contribution in [3.63, 3.8) is 0 Å². The highest BCUT2D eigenvalue weighted by Gasteiger charge is 2.47. The van der Waals surface area contributed by atoms with Crippen LogP contribution >= 0.6 is 0 Å². The molecule has 2 nitrogen and oxygen atoms in total. The summed E-state index contributed by atoms with van der Waals surface area (Å²) in [5.74, 6) is 2.88. The smallest absolute Gasteiger partial charge is 0.155 e. The van der Waals surface area contributed by atoms with Crippen LogP contribution in [-0.2, 0) is 11.2 Å². The monoisotopic (exact) mass is 302 g/mol. The first-order valence-electron chi connectivity index (χ1n) is 9.01. The maximum atomic E-state index is 9.70. The van der Waals surface area contributed by atoms with Gasteiger partial charge in [0.15, 0.2) is 6.29 Å². The van der Waals surface area contributed by atoms with Gasteiger partial charge in [-0.3, -0.25) is 0 Å². The summed E-state index contributed by atoms with van der Waals surface area (Å²) in [4.78, 5) is 0. The minimum absolute atomic E-state index is 0.328. The van der Waals surface area contributed by atoms with Crippen LogP contribution in [0.2, 0.25) is 0 Å². The third-order valence-corrected chi connectivity index (χ3v) is 5.93. The minimum atomic E-state index is -0.500. The first-order chi connectivity index (χ1) is 10.6. The van der Waals surface area contributed by atoms with E-state index in [0.29, 0.717) is 12.0 Å². The van der Waals surface area contributed by atoms with Crippen molar-refractivity contribution in [3.05, 3.63) is 35.9 Å². The fraction of sp³-hybridized carbons (Fsp3) is 0.700. The molecule has 1 saturated heterocycles. The Balaban J connectivity index is 1.43. The zero-order valence-corrected chi connectivity index (χ0v) is 13.9. The standard InChI is InChI=1S/C20H30O2/c1-14(8-10-16-6-4-3-5-7-16)9-11-17-15(2)12-19-18(17)13-20(21)22-19/h3-7,14-15,17-21H,8-13H2,1-2H3/t14-,15+,17-,18+,19-,20?/m0/s1. The summed E-state index contributed by atoms with van der Waals surface area (Å²) >= 11 is 0. The molecule has 1 aromatic carbocycles. The Labute approximate surface area is 134 Å². The molecule has 22 heavy (non-hydrogen) atoms. The summed E-state index contributed by atoms with van der Waals surface area (Å²) in [6, 6.07) is 10.8. The van der Waals surface area contributed by atoms with E-state index in [1.165, 1.54) is 31.2 Å². The highest BCUT2D eigenvalue weighted by molar-refractivity contribution is 5.14. The van der Waals surface area contributed by atoms with Gasteiger partial charge in [0.05, 0.1) is 6.10 Å². The van der Waals surface area contributed by atoms with E-state index < -0.39 is 6.29 Å². The first-order valence-corrected chi connectivity index (χ1v) is 9.01. The lowest BCUT2D eigenvalue weighted by Gasteiger charge is -2.23. The van der Waals surface area contributed by atoms with Crippen LogP contribution in [0.5, 0.6) is 0 Å². The zero-order chi connectivity index (χ0) is 15.5. The van der Waals surface area contributed by atoms with E-state index in [9.17, 15) is 5.11 Å². The van der Waals surface area contributed by atoms with E-state index in [0.717, 1.165) is 30.6 Å². The van der Waals surface area contributed by atoms with Crippen LogP contribution in [-0.4, -0.2) is 17.5 Å². The molecule has 0 radical (unpaired) electrons. The van der Waals surface area contributed by atoms with Gasteiger partial charge >= 0.3 is 0 Å². The molecule has 1 heterocycles. The predicted octanol–water partition coefficient (Wildman–Crippen LogP) is 4.42. The third-order valence-electron chi connectivity index (χ3n) is 5.93. The molecule has 3 rings (SSSR count). The summed E-state index contributed by atoms with van der Waals surface area (Å²) in [5, 5.41) is 9.70. The van der Waals surface area contributed by atoms with Gasteiger partial charge < -0.3 is 9.84 Å². The summed E-state index contributed by atoms with van der Waals surface area (Å²) in [6.45, 7) is 4.76. The maximum absolute atomic E-state index is 9.70. The second-order valence-corrected chi connectivity index (χ2v) is 7.61. The molecule has 122 valence electrons. The van der Waals surface area contributed by atoms with Crippen molar-refractivity contribution in [3.8, 4) is 0 Å². The molecule has 1 aliphatic carbocycles. The van der Waals surface area contributed by atoms with E-state index >= 15 is 0 Å². The molecule has 2 fully saturated rings. The minimum Gasteiger partial charge on any atom is -0.368 e. The van der Waals surface area contributed by atoms with Gasteiger partial charge in [0, 0.05) is 6.42 Å². The van der Waals surface area contributed by atoms with Crippen LogP contribution in [0, 0.1) is 23.7 Å². The van der Waals surface area contributed by atoms with Crippen LogP contribution in [0.1, 0.15) is 51.5 Å². The maximum Gasteiger partial charge on any atom is 0.155 e. The number of hydrogen-bond donors (Lipinski definition) is 1. The Kier molecular flexibility index (Phi) is 5.20. The van der Waals surface area contributed by atoms with Gasteiger partial charge in [-0.25, -0.2) is 0 Å². The molecule has 2 aliphatic rings. The van der Waals surface area contributed by atoms with E-state index in [4.69, 9.17) is 4.74 Å². The van der Waals surface area contributed by atoms with Gasteiger partial charge in [0.25, 0.3) is 0 Å².